The topological polar surface area (TPSA) is 65.4 Å². The number of carbonyl (C=O) groups excluding carboxylic acids is 2. The molecule has 0 spiro atoms. The summed E-state index contributed by atoms with van der Waals surface area (Å²) in [5, 5.41) is 0. The number of ether oxygens (including phenoxy) is 1. The van der Waals surface area contributed by atoms with Crippen LogP contribution in [0, 0.1) is 5.41 Å². The van der Waals surface area contributed by atoms with Crippen LogP contribution in [0.2, 0.25) is 0 Å². The van der Waals surface area contributed by atoms with Crippen molar-refractivity contribution >= 4 is 11.8 Å². The molecule has 0 saturated heterocycles. The van der Waals surface area contributed by atoms with E-state index in [0.29, 0.717) is 25.1 Å². The highest BCUT2D eigenvalue weighted by Gasteiger charge is 2.39. The number of carbonyl (C=O) groups is 2. The largest absolute Gasteiger partial charge is 0.462 e. The lowest BCUT2D eigenvalue weighted by Gasteiger charge is -2.35. The van der Waals surface area contributed by atoms with Crippen molar-refractivity contribution < 1.29 is 14.3 Å². The van der Waals surface area contributed by atoms with Crippen molar-refractivity contribution in [3.05, 3.63) is 56.9 Å². The number of esters is 1. The van der Waals surface area contributed by atoms with Crippen LogP contribution in [0.4, 0.5) is 0 Å². The van der Waals surface area contributed by atoms with Crippen LogP contribution in [-0.2, 0) is 24.1 Å². The maximum Gasteiger partial charge on any atom is 0.344 e. The molecule has 1 aliphatic carbocycles. The lowest BCUT2D eigenvalue weighted by atomic mass is 9.74. The minimum absolute atomic E-state index is 0.00388. The highest BCUT2D eigenvalue weighted by Crippen LogP contribution is 2.39. The molecule has 140 valence electrons. The molecule has 0 atom stereocenters. The molecule has 0 amide bonds. The Kier molecular flexibility index (Phi) is 4.06. The van der Waals surface area contributed by atoms with Crippen LogP contribution in [0.1, 0.15) is 59.2 Å². The van der Waals surface area contributed by atoms with Crippen molar-refractivity contribution in [1.29, 1.82) is 0 Å². The number of hydrogen-bond donors (Lipinski definition) is 0. The van der Waals surface area contributed by atoms with E-state index in [1.165, 1.54) is 0 Å². The van der Waals surface area contributed by atoms with Crippen LogP contribution in [0.5, 0.6) is 0 Å². The fourth-order valence-corrected chi connectivity index (χ4v) is 4.40. The average molecular weight is 365 g/mol. The zero-order valence-corrected chi connectivity index (χ0v) is 15.9. The molecule has 1 aromatic heterocycles. The Morgan fingerprint density at radius 2 is 1.93 bits per heavy atom. The molecule has 2 heterocycles. The zero-order chi connectivity index (χ0) is 19.3. The van der Waals surface area contributed by atoms with Gasteiger partial charge in [-0.15, -0.1) is 0 Å². The summed E-state index contributed by atoms with van der Waals surface area (Å²) in [7, 11) is 0. The smallest absolute Gasteiger partial charge is 0.344 e. The second-order valence-electron chi connectivity index (χ2n) is 8.09. The summed E-state index contributed by atoms with van der Waals surface area (Å²) in [5.41, 5.74) is 2.83. The Balaban J connectivity index is 2.11. The highest BCUT2D eigenvalue weighted by atomic mass is 16.5. The molecule has 1 aromatic carbocycles. The third-order valence-corrected chi connectivity index (χ3v) is 5.50. The van der Waals surface area contributed by atoms with Gasteiger partial charge in [0.2, 0.25) is 5.43 Å². The van der Waals surface area contributed by atoms with E-state index in [0.717, 1.165) is 23.2 Å². The molecule has 4 rings (SSSR count). The Morgan fingerprint density at radius 3 is 2.67 bits per heavy atom. The average Bonchev–Trinajstić information content (AvgIpc) is 2.60. The van der Waals surface area contributed by atoms with E-state index in [4.69, 9.17) is 4.74 Å². The van der Waals surface area contributed by atoms with Crippen LogP contribution in [0.3, 0.4) is 0 Å². The van der Waals surface area contributed by atoms with Gasteiger partial charge in [-0.1, -0.05) is 38.1 Å². The van der Waals surface area contributed by atoms with E-state index >= 15 is 0 Å². The Morgan fingerprint density at radius 1 is 1.19 bits per heavy atom. The lowest BCUT2D eigenvalue weighted by molar-refractivity contribution is 0.0524. The number of Topliss-reactive ketones (excluding diaryl/α,β-unsaturated/α-hetero) is 1. The molecule has 0 N–H and O–H groups in total. The molecule has 27 heavy (non-hydrogen) atoms. The summed E-state index contributed by atoms with van der Waals surface area (Å²) in [5.74, 6) is -0.825. The molecule has 0 saturated carbocycles. The number of ketones is 1. The van der Waals surface area contributed by atoms with Crippen molar-refractivity contribution in [2.45, 2.75) is 46.6 Å². The Labute approximate surface area is 158 Å². The molecule has 5 nitrogen and oxygen atoms in total. The van der Waals surface area contributed by atoms with E-state index in [1.807, 2.05) is 42.7 Å². The number of nitrogens with zero attached hydrogens (tertiary/aromatic N) is 1. The van der Waals surface area contributed by atoms with Crippen LogP contribution in [0.15, 0.2) is 29.1 Å². The second-order valence-corrected chi connectivity index (χ2v) is 8.09. The molecular weight excluding hydrogens is 342 g/mol. The zero-order valence-electron chi connectivity index (χ0n) is 15.9. The summed E-state index contributed by atoms with van der Waals surface area (Å²) in [6.07, 6.45) is 1.75. The predicted molar refractivity (Wildman–Crippen MR) is 102 cm³/mol. The maximum atomic E-state index is 13.3. The van der Waals surface area contributed by atoms with Crippen molar-refractivity contribution in [1.82, 2.24) is 4.57 Å². The SMILES string of the molecule is CCOC(=O)c1c2n(c3c(c1=O)C(=O)CC(C)(C)C3)CCc1ccccc1-2. The van der Waals surface area contributed by atoms with E-state index in [9.17, 15) is 14.4 Å². The van der Waals surface area contributed by atoms with Crippen LogP contribution < -0.4 is 5.43 Å². The third kappa shape index (κ3) is 2.73. The van der Waals surface area contributed by atoms with Crippen molar-refractivity contribution in [3.63, 3.8) is 0 Å². The second kappa shape index (κ2) is 6.19. The molecule has 2 aromatic rings. The van der Waals surface area contributed by atoms with Gasteiger partial charge in [0.05, 0.1) is 17.9 Å². The fourth-order valence-electron chi connectivity index (χ4n) is 4.40. The monoisotopic (exact) mass is 365 g/mol. The van der Waals surface area contributed by atoms with Gasteiger partial charge < -0.3 is 9.30 Å². The predicted octanol–water partition coefficient (Wildman–Crippen LogP) is 3.40. The van der Waals surface area contributed by atoms with E-state index in [1.54, 1.807) is 6.92 Å². The van der Waals surface area contributed by atoms with Gasteiger partial charge in [-0.05, 0) is 30.7 Å². The summed E-state index contributed by atoms with van der Waals surface area (Å²) in [6, 6.07) is 7.82. The van der Waals surface area contributed by atoms with Gasteiger partial charge in [0, 0.05) is 24.2 Å². The normalized spacial score (nSPS) is 16.9. The number of benzene rings is 1. The Bertz CT molecular complexity index is 1030. The standard InChI is InChI=1S/C22H23NO4/c1-4-27-21(26)18-19-14-8-6-5-7-13(14)9-10-23(19)15-11-22(2,3)12-16(24)17(15)20(18)25/h5-8H,4,9-12H2,1-3H3. The quantitative estimate of drug-likeness (QED) is 0.765. The molecule has 0 bridgehead atoms. The van der Waals surface area contributed by atoms with Gasteiger partial charge in [-0.2, -0.15) is 0 Å². The summed E-state index contributed by atoms with van der Waals surface area (Å²) in [4.78, 5) is 38.8. The van der Waals surface area contributed by atoms with Crippen LogP contribution in [0.25, 0.3) is 11.3 Å². The van der Waals surface area contributed by atoms with Crippen molar-refractivity contribution in [2.75, 3.05) is 6.61 Å². The minimum atomic E-state index is -0.650. The lowest BCUT2D eigenvalue weighted by Crippen LogP contribution is -2.39. The minimum Gasteiger partial charge on any atom is -0.462 e. The molecule has 0 fully saturated rings. The first-order valence-electron chi connectivity index (χ1n) is 9.42. The highest BCUT2D eigenvalue weighted by molar-refractivity contribution is 6.04. The first-order chi connectivity index (χ1) is 12.8. The molecule has 2 aliphatic rings. The number of fused-ring (bicyclic) bond motifs is 5. The van der Waals surface area contributed by atoms with Gasteiger partial charge in [0.1, 0.15) is 5.56 Å². The fraction of sp³-hybridized carbons (Fsp3) is 0.409. The molecule has 0 unspecified atom stereocenters. The van der Waals surface area contributed by atoms with Gasteiger partial charge in [-0.25, -0.2) is 4.79 Å². The van der Waals surface area contributed by atoms with Crippen LogP contribution >= 0.6 is 0 Å². The first-order valence-corrected chi connectivity index (χ1v) is 9.42. The first kappa shape index (κ1) is 17.7. The molecular formula is C22H23NO4. The van der Waals surface area contributed by atoms with E-state index in [-0.39, 0.29) is 28.9 Å². The van der Waals surface area contributed by atoms with Gasteiger partial charge in [0.15, 0.2) is 5.78 Å². The third-order valence-electron chi connectivity index (χ3n) is 5.50. The van der Waals surface area contributed by atoms with Crippen molar-refractivity contribution in [3.8, 4) is 11.3 Å². The van der Waals surface area contributed by atoms with Gasteiger partial charge in [0.25, 0.3) is 0 Å². The summed E-state index contributed by atoms with van der Waals surface area (Å²) >= 11 is 0. The number of pyridine rings is 1. The van der Waals surface area contributed by atoms with E-state index in [2.05, 4.69) is 0 Å². The van der Waals surface area contributed by atoms with Gasteiger partial charge >= 0.3 is 5.97 Å². The number of hydrogen-bond acceptors (Lipinski definition) is 4. The van der Waals surface area contributed by atoms with Crippen LogP contribution in [-0.4, -0.2) is 22.9 Å². The van der Waals surface area contributed by atoms with Gasteiger partial charge in [-0.3, -0.25) is 9.59 Å². The van der Waals surface area contributed by atoms with E-state index < -0.39 is 11.4 Å². The van der Waals surface area contributed by atoms with Crippen molar-refractivity contribution in [2.24, 2.45) is 5.41 Å². The number of aryl methyl sites for hydroxylation is 1. The molecule has 1 aliphatic heterocycles. The number of aromatic nitrogens is 1. The molecule has 0 radical (unpaired) electrons. The summed E-state index contributed by atoms with van der Waals surface area (Å²) < 4.78 is 7.21. The molecule has 5 heteroatoms. The maximum absolute atomic E-state index is 13.3. The summed E-state index contributed by atoms with van der Waals surface area (Å²) in [6.45, 7) is 6.62. The Hall–Kier alpha value is -2.69. The number of rotatable bonds is 2.